The van der Waals surface area contributed by atoms with Crippen molar-refractivity contribution in [2.75, 3.05) is 0 Å². The molecule has 0 radical (unpaired) electrons. The van der Waals surface area contributed by atoms with E-state index in [-0.39, 0.29) is 0 Å². The molecular formula is C15H14ClF2N. The number of benzene rings is 2. The fourth-order valence-corrected chi connectivity index (χ4v) is 2.44. The van der Waals surface area contributed by atoms with Gasteiger partial charge in [0, 0.05) is 10.6 Å². The van der Waals surface area contributed by atoms with Crippen molar-refractivity contribution in [3.8, 4) is 0 Å². The molecule has 0 aromatic heterocycles. The molecule has 2 rings (SSSR count). The number of hydrogen-bond donors (Lipinski definition) is 1. The average molecular weight is 282 g/mol. The third-order valence-corrected chi connectivity index (χ3v) is 3.37. The summed E-state index contributed by atoms with van der Waals surface area (Å²) in [6, 6.07) is 11.1. The summed E-state index contributed by atoms with van der Waals surface area (Å²) in [7, 11) is 0. The van der Waals surface area contributed by atoms with E-state index in [0.717, 1.165) is 17.7 Å². The van der Waals surface area contributed by atoms with Gasteiger partial charge in [0.05, 0.1) is 0 Å². The molecule has 0 saturated carbocycles. The van der Waals surface area contributed by atoms with Gasteiger partial charge in [-0.05, 0) is 42.7 Å². The molecule has 100 valence electrons. The number of halogens is 3. The van der Waals surface area contributed by atoms with Gasteiger partial charge >= 0.3 is 0 Å². The largest absolute Gasteiger partial charge is 0.321 e. The molecule has 0 aliphatic rings. The van der Waals surface area contributed by atoms with E-state index in [4.69, 9.17) is 17.3 Å². The van der Waals surface area contributed by atoms with Crippen LogP contribution in [0.2, 0.25) is 5.02 Å². The maximum absolute atomic E-state index is 13.2. The zero-order valence-corrected chi connectivity index (χ0v) is 11.2. The van der Waals surface area contributed by atoms with Crippen LogP contribution in [0.1, 0.15) is 18.1 Å². The van der Waals surface area contributed by atoms with Crippen LogP contribution in [0.4, 0.5) is 8.78 Å². The van der Waals surface area contributed by atoms with Crippen LogP contribution in [0, 0.1) is 11.6 Å². The Morgan fingerprint density at radius 2 is 1.79 bits per heavy atom. The van der Waals surface area contributed by atoms with E-state index in [1.807, 2.05) is 25.1 Å². The van der Waals surface area contributed by atoms with Crippen LogP contribution in [0.3, 0.4) is 0 Å². The summed E-state index contributed by atoms with van der Waals surface area (Å²) >= 11 is 6.12. The maximum Gasteiger partial charge on any atom is 0.159 e. The first-order valence-corrected chi connectivity index (χ1v) is 6.26. The highest BCUT2D eigenvalue weighted by molar-refractivity contribution is 6.31. The molecule has 0 amide bonds. The van der Waals surface area contributed by atoms with Gasteiger partial charge in [-0.25, -0.2) is 8.78 Å². The Bertz CT molecular complexity index is 596. The highest BCUT2D eigenvalue weighted by atomic mass is 35.5. The predicted octanol–water partition coefficient (Wildman–Crippen LogP) is 4.03. The van der Waals surface area contributed by atoms with Crippen molar-refractivity contribution < 1.29 is 8.78 Å². The molecule has 1 nitrogen and oxygen atoms in total. The van der Waals surface area contributed by atoms with Gasteiger partial charge in [-0.3, -0.25) is 0 Å². The van der Waals surface area contributed by atoms with Gasteiger partial charge in [0.25, 0.3) is 0 Å². The molecule has 0 fully saturated rings. The van der Waals surface area contributed by atoms with Crippen LogP contribution < -0.4 is 5.73 Å². The molecular weight excluding hydrogens is 268 g/mol. The van der Waals surface area contributed by atoms with Crippen molar-refractivity contribution >= 4 is 11.6 Å². The summed E-state index contributed by atoms with van der Waals surface area (Å²) in [5.74, 6) is -1.73. The summed E-state index contributed by atoms with van der Waals surface area (Å²) in [5.41, 5.74) is 6.92. The van der Waals surface area contributed by atoms with Gasteiger partial charge in [0.2, 0.25) is 0 Å². The van der Waals surface area contributed by atoms with Crippen molar-refractivity contribution in [3.05, 3.63) is 70.2 Å². The average Bonchev–Trinajstić information content (AvgIpc) is 2.34. The fourth-order valence-electron chi connectivity index (χ4n) is 2.09. The van der Waals surface area contributed by atoms with E-state index < -0.39 is 17.2 Å². The molecule has 0 aliphatic carbocycles. The molecule has 0 heterocycles. The molecule has 2 aromatic rings. The van der Waals surface area contributed by atoms with Crippen LogP contribution in [0.15, 0.2) is 42.5 Å². The lowest BCUT2D eigenvalue weighted by Crippen LogP contribution is -2.35. The third kappa shape index (κ3) is 3.11. The quantitative estimate of drug-likeness (QED) is 0.903. The van der Waals surface area contributed by atoms with Crippen LogP contribution in [0.5, 0.6) is 0 Å². The van der Waals surface area contributed by atoms with E-state index >= 15 is 0 Å². The summed E-state index contributed by atoms with van der Waals surface area (Å²) in [6.45, 7) is 1.81. The predicted molar refractivity (Wildman–Crippen MR) is 73.1 cm³/mol. The van der Waals surface area contributed by atoms with Gasteiger partial charge in [0.15, 0.2) is 11.6 Å². The molecule has 1 atom stereocenters. The highest BCUT2D eigenvalue weighted by Crippen LogP contribution is 2.29. The van der Waals surface area contributed by atoms with E-state index in [2.05, 4.69) is 0 Å². The molecule has 1 unspecified atom stereocenters. The number of rotatable bonds is 3. The minimum Gasteiger partial charge on any atom is -0.321 e. The maximum atomic E-state index is 13.2. The van der Waals surface area contributed by atoms with Gasteiger partial charge in [-0.2, -0.15) is 0 Å². The van der Waals surface area contributed by atoms with E-state index in [1.165, 1.54) is 6.07 Å². The van der Waals surface area contributed by atoms with Gasteiger partial charge in [-0.1, -0.05) is 35.9 Å². The first-order valence-electron chi connectivity index (χ1n) is 5.88. The monoisotopic (exact) mass is 281 g/mol. The minimum atomic E-state index is -0.868. The lowest BCUT2D eigenvalue weighted by Gasteiger charge is -2.26. The van der Waals surface area contributed by atoms with Crippen LogP contribution in [-0.2, 0) is 12.0 Å². The first kappa shape index (κ1) is 14.0. The lowest BCUT2D eigenvalue weighted by molar-refractivity contribution is 0.480. The van der Waals surface area contributed by atoms with Crippen LogP contribution in [-0.4, -0.2) is 0 Å². The second kappa shape index (κ2) is 5.27. The van der Waals surface area contributed by atoms with E-state index in [0.29, 0.717) is 17.0 Å². The molecule has 0 spiro atoms. The standard InChI is InChI=1S/C15H14ClF2N/c1-15(19,11-4-2-3-5-12(11)16)9-10-6-7-13(17)14(18)8-10/h2-8H,9,19H2,1H3. The summed E-state index contributed by atoms with van der Waals surface area (Å²) < 4.78 is 26.1. The minimum absolute atomic E-state index is 0.369. The Morgan fingerprint density at radius 1 is 1.11 bits per heavy atom. The van der Waals surface area contributed by atoms with Crippen LogP contribution in [0.25, 0.3) is 0 Å². The lowest BCUT2D eigenvalue weighted by atomic mass is 9.86. The second-order valence-corrected chi connectivity index (χ2v) is 5.23. The van der Waals surface area contributed by atoms with E-state index in [1.54, 1.807) is 6.07 Å². The first-order chi connectivity index (χ1) is 8.90. The number of hydrogen-bond acceptors (Lipinski definition) is 1. The molecule has 19 heavy (non-hydrogen) atoms. The van der Waals surface area contributed by atoms with Gasteiger partial charge < -0.3 is 5.73 Å². The zero-order chi connectivity index (χ0) is 14.0. The topological polar surface area (TPSA) is 26.0 Å². The Hall–Kier alpha value is -1.45. The fraction of sp³-hybridized carbons (Fsp3) is 0.200. The van der Waals surface area contributed by atoms with Crippen molar-refractivity contribution in [1.82, 2.24) is 0 Å². The molecule has 0 aliphatic heterocycles. The Labute approximate surface area is 116 Å². The Kier molecular flexibility index (Phi) is 3.88. The zero-order valence-electron chi connectivity index (χ0n) is 10.5. The molecule has 0 bridgehead atoms. The van der Waals surface area contributed by atoms with Crippen molar-refractivity contribution in [1.29, 1.82) is 0 Å². The van der Waals surface area contributed by atoms with Crippen LogP contribution >= 0.6 is 11.6 Å². The van der Waals surface area contributed by atoms with Gasteiger partial charge in [-0.15, -0.1) is 0 Å². The number of nitrogens with two attached hydrogens (primary N) is 1. The summed E-state index contributed by atoms with van der Waals surface area (Å²) in [4.78, 5) is 0. The van der Waals surface area contributed by atoms with Gasteiger partial charge in [0.1, 0.15) is 0 Å². The van der Waals surface area contributed by atoms with Crippen molar-refractivity contribution in [2.45, 2.75) is 18.9 Å². The molecule has 2 aromatic carbocycles. The van der Waals surface area contributed by atoms with E-state index in [9.17, 15) is 8.78 Å². The summed E-state index contributed by atoms with van der Waals surface area (Å²) in [5, 5.41) is 0.565. The normalized spacial score (nSPS) is 14.2. The Balaban J connectivity index is 2.31. The van der Waals surface area contributed by atoms with Crippen molar-refractivity contribution in [3.63, 3.8) is 0 Å². The van der Waals surface area contributed by atoms with Crippen molar-refractivity contribution in [2.24, 2.45) is 5.73 Å². The smallest absolute Gasteiger partial charge is 0.159 e. The second-order valence-electron chi connectivity index (χ2n) is 4.82. The molecule has 0 saturated heterocycles. The Morgan fingerprint density at radius 3 is 2.42 bits per heavy atom. The molecule has 2 N–H and O–H groups in total. The molecule has 4 heteroatoms. The highest BCUT2D eigenvalue weighted by Gasteiger charge is 2.24. The summed E-state index contributed by atoms with van der Waals surface area (Å²) in [6.07, 6.45) is 0.369. The third-order valence-electron chi connectivity index (χ3n) is 3.04. The SMILES string of the molecule is CC(N)(Cc1ccc(F)c(F)c1)c1ccccc1Cl.